The number of nitrogen functional groups attached to an aromatic ring is 1. The minimum Gasteiger partial charge on any atom is -0.384 e. The van der Waals surface area contributed by atoms with Crippen molar-refractivity contribution in [2.24, 2.45) is 0 Å². The Bertz CT molecular complexity index is 561. The highest BCUT2D eigenvalue weighted by Crippen LogP contribution is 2.39. The average Bonchev–Trinajstić information content (AvgIpc) is 3.12. The molecule has 4 nitrogen and oxygen atoms in total. The summed E-state index contributed by atoms with van der Waals surface area (Å²) in [5, 5.41) is 0. The van der Waals surface area contributed by atoms with E-state index in [0.717, 1.165) is 16.8 Å². The fourth-order valence-electron chi connectivity index (χ4n) is 1.89. The molecule has 2 N–H and O–H groups in total. The molecule has 1 aliphatic carbocycles. The van der Waals surface area contributed by atoms with Crippen LogP contribution in [0.2, 0.25) is 0 Å². The van der Waals surface area contributed by atoms with E-state index in [9.17, 15) is 0 Å². The molecule has 0 radical (unpaired) electrons. The molecule has 1 saturated carbocycles. The summed E-state index contributed by atoms with van der Waals surface area (Å²) in [5.74, 6) is 1.81. The summed E-state index contributed by atoms with van der Waals surface area (Å²) in [6.07, 6.45) is 5.98. The van der Waals surface area contributed by atoms with Gasteiger partial charge in [0.25, 0.3) is 0 Å². The van der Waals surface area contributed by atoms with Crippen molar-refractivity contribution in [1.29, 1.82) is 0 Å². The predicted molar refractivity (Wildman–Crippen MR) is 66.4 cm³/mol. The molecule has 1 fully saturated rings. The van der Waals surface area contributed by atoms with Gasteiger partial charge in [0, 0.05) is 35.6 Å². The Labute approximate surface area is 99.9 Å². The first-order valence-electron chi connectivity index (χ1n) is 5.79. The predicted octanol–water partition coefficient (Wildman–Crippen LogP) is 2.31. The van der Waals surface area contributed by atoms with Crippen molar-refractivity contribution >= 4 is 5.82 Å². The third-order valence-electron chi connectivity index (χ3n) is 3.04. The standard InChI is InChI=1S/C13H14N4/c1-8-4-5-15-7-10(8)13-16-11(9-2-3-9)6-12(14)17-13/h4-7,9H,2-3H2,1H3,(H2,14,16,17). The normalized spacial score (nSPS) is 14.9. The van der Waals surface area contributed by atoms with Gasteiger partial charge in [0.2, 0.25) is 0 Å². The molecule has 86 valence electrons. The Morgan fingerprint density at radius 2 is 2.12 bits per heavy atom. The monoisotopic (exact) mass is 226 g/mol. The first-order valence-corrected chi connectivity index (χ1v) is 5.79. The molecule has 0 aliphatic heterocycles. The lowest BCUT2D eigenvalue weighted by atomic mass is 10.1. The minimum absolute atomic E-state index is 0.542. The van der Waals surface area contributed by atoms with Crippen molar-refractivity contribution < 1.29 is 0 Å². The maximum absolute atomic E-state index is 5.84. The second-order valence-electron chi connectivity index (χ2n) is 4.51. The zero-order valence-corrected chi connectivity index (χ0v) is 9.72. The maximum atomic E-state index is 5.84. The van der Waals surface area contributed by atoms with E-state index in [0.29, 0.717) is 17.6 Å². The number of aromatic nitrogens is 3. The van der Waals surface area contributed by atoms with Gasteiger partial charge in [-0.25, -0.2) is 9.97 Å². The second kappa shape index (κ2) is 3.80. The Morgan fingerprint density at radius 1 is 1.29 bits per heavy atom. The highest BCUT2D eigenvalue weighted by Gasteiger charge is 2.26. The molecule has 0 amide bonds. The van der Waals surface area contributed by atoms with Crippen LogP contribution in [-0.4, -0.2) is 15.0 Å². The van der Waals surface area contributed by atoms with Crippen LogP contribution in [0.25, 0.3) is 11.4 Å². The number of aryl methyl sites for hydroxylation is 1. The molecule has 3 rings (SSSR count). The Balaban J connectivity index is 2.11. The molecule has 2 aromatic heterocycles. The van der Waals surface area contributed by atoms with Gasteiger partial charge in [0.1, 0.15) is 5.82 Å². The van der Waals surface area contributed by atoms with Gasteiger partial charge in [-0.1, -0.05) is 0 Å². The van der Waals surface area contributed by atoms with Crippen LogP contribution in [0.3, 0.4) is 0 Å². The number of hydrogen-bond acceptors (Lipinski definition) is 4. The van der Waals surface area contributed by atoms with Crippen LogP contribution in [0.4, 0.5) is 5.82 Å². The Kier molecular flexibility index (Phi) is 2.28. The second-order valence-corrected chi connectivity index (χ2v) is 4.51. The smallest absolute Gasteiger partial charge is 0.163 e. The molecular weight excluding hydrogens is 212 g/mol. The van der Waals surface area contributed by atoms with Crippen LogP contribution < -0.4 is 5.73 Å². The molecule has 2 aromatic rings. The van der Waals surface area contributed by atoms with Crippen molar-refractivity contribution in [3.05, 3.63) is 35.8 Å². The van der Waals surface area contributed by atoms with E-state index in [-0.39, 0.29) is 0 Å². The first-order chi connectivity index (χ1) is 8.24. The quantitative estimate of drug-likeness (QED) is 0.853. The molecular formula is C13H14N4. The van der Waals surface area contributed by atoms with Crippen molar-refractivity contribution in [3.63, 3.8) is 0 Å². The molecule has 0 bridgehead atoms. The highest BCUT2D eigenvalue weighted by atomic mass is 15.0. The molecule has 0 aromatic carbocycles. The van der Waals surface area contributed by atoms with E-state index in [1.165, 1.54) is 12.8 Å². The molecule has 17 heavy (non-hydrogen) atoms. The number of pyridine rings is 1. The van der Waals surface area contributed by atoms with E-state index in [4.69, 9.17) is 5.73 Å². The van der Waals surface area contributed by atoms with Gasteiger partial charge in [0.05, 0.1) is 0 Å². The zero-order chi connectivity index (χ0) is 11.8. The largest absolute Gasteiger partial charge is 0.384 e. The van der Waals surface area contributed by atoms with E-state index in [2.05, 4.69) is 15.0 Å². The summed E-state index contributed by atoms with van der Waals surface area (Å²) in [7, 11) is 0. The third-order valence-corrected chi connectivity index (χ3v) is 3.04. The average molecular weight is 226 g/mol. The number of hydrogen-bond donors (Lipinski definition) is 1. The summed E-state index contributed by atoms with van der Waals surface area (Å²) >= 11 is 0. The molecule has 2 heterocycles. The van der Waals surface area contributed by atoms with Crippen molar-refractivity contribution in [1.82, 2.24) is 15.0 Å². The van der Waals surface area contributed by atoms with Gasteiger partial charge in [-0.05, 0) is 31.4 Å². The third kappa shape index (κ3) is 1.98. The maximum Gasteiger partial charge on any atom is 0.163 e. The lowest BCUT2D eigenvalue weighted by Gasteiger charge is -2.06. The van der Waals surface area contributed by atoms with Crippen molar-refractivity contribution in [3.8, 4) is 11.4 Å². The summed E-state index contributed by atoms with van der Waals surface area (Å²) in [6.45, 7) is 2.03. The number of rotatable bonds is 2. The lowest BCUT2D eigenvalue weighted by molar-refractivity contribution is 0.995. The van der Waals surface area contributed by atoms with E-state index < -0.39 is 0 Å². The molecule has 0 spiro atoms. The van der Waals surface area contributed by atoms with Crippen LogP contribution in [0, 0.1) is 6.92 Å². The lowest BCUT2D eigenvalue weighted by Crippen LogP contribution is -2.00. The van der Waals surface area contributed by atoms with Gasteiger partial charge in [0.15, 0.2) is 5.82 Å². The van der Waals surface area contributed by atoms with Gasteiger partial charge >= 0.3 is 0 Å². The molecule has 0 saturated heterocycles. The van der Waals surface area contributed by atoms with Gasteiger partial charge in [-0.3, -0.25) is 4.98 Å². The SMILES string of the molecule is Cc1ccncc1-c1nc(N)cc(C2CC2)n1. The topological polar surface area (TPSA) is 64.7 Å². The van der Waals surface area contributed by atoms with E-state index in [1.807, 2.05) is 19.1 Å². The molecule has 0 atom stereocenters. The van der Waals surface area contributed by atoms with Gasteiger partial charge < -0.3 is 5.73 Å². The van der Waals surface area contributed by atoms with Crippen LogP contribution in [0.1, 0.15) is 30.0 Å². The summed E-state index contributed by atoms with van der Waals surface area (Å²) in [4.78, 5) is 13.0. The summed E-state index contributed by atoms with van der Waals surface area (Å²) < 4.78 is 0. The Morgan fingerprint density at radius 3 is 2.82 bits per heavy atom. The van der Waals surface area contributed by atoms with E-state index >= 15 is 0 Å². The zero-order valence-electron chi connectivity index (χ0n) is 9.72. The van der Waals surface area contributed by atoms with Crippen LogP contribution >= 0.6 is 0 Å². The van der Waals surface area contributed by atoms with Crippen molar-refractivity contribution in [2.75, 3.05) is 5.73 Å². The van der Waals surface area contributed by atoms with Crippen molar-refractivity contribution in [2.45, 2.75) is 25.7 Å². The first kappa shape index (κ1) is 10.2. The van der Waals surface area contributed by atoms with Crippen LogP contribution in [-0.2, 0) is 0 Å². The number of anilines is 1. The number of nitrogens with two attached hydrogens (primary N) is 1. The summed E-state index contributed by atoms with van der Waals surface area (Å²) in [5.41, 5.74) is 8.98. The van der Waals surface area contributed by atoms with Crippen LogP contribution in [0.15, 0.2) is 24.5 Å². The van der Waals surface area contributed by atoms with Gasteiger partial charge in [-0.2, -0.15) is 0 Å². The fourth-order valence-corrected chi connectivity index (χ4v) is 1.89. The number of nitrogens with zero attached hydrogens (tertiary/aromatic N) is 3. The fraction of sp³-hybridized carbons (Fsp3) is 0.308. The Hall–Kier alpha value is -1.97. The van der Waals surface area contributed by atoms with Gasteiger partial charge in [-0.15, -0.1) is 0 Å². The van der Waals surface area contributed by atoms with E-state index in [1.54, 1.807) is 12.4 Å². The minimum atomic E-state index is 0.542. The highest BCUT2D eigenvalue weighted by molar-refractivity contribution is 5.60. The summed E-state index contributed by atoms with van der Waals surface area (Å²) in [6, 6.07) is 3.84. The molecule has 1 aliphatic rings. The van der Waals surface area contributed by atoms with Crippen LogP contribution in [0.5, 0.6) is 0 Å². The molecule has 4 heteroatoms. The molecule has 0 unspecified atom stereocenters.